The van der Waals surface area contributed by atoms with Crippen molar-refractivity contribution in [2.24, 2.45) is 5.92 Å². The summed E-state index contributed by atoms with van der Waals surface area (Å²) in [5, 5.41) is 12.1. The Hall–Kier alpha value is -3.13. The van der Waals surface area contributed by atoms with E-state index in [1.54, 1.807) is 17.0 Å². The SMILES string of the molecule is CN(C(=O)c1ccc(-c2ccc(C#N)cc2)cc1)C1CCC(C(=O)NC2(C)CC2)C1. The third-order valence-corrected chi connectivity index (χ3v) is 6.55. The van der Waals surface area contributed by atoms with Crippen LogP contribution >= 0.6 is 0 Å². The van der Waals surface area contributed by atoms with Gasteiger partial charge in [-0.05, 0) is 74.4 Å². The minimum atomic E-state index is -0.0124. The second kappa shape index (κ2) is 7.95. The van der Waals surface area contributed by atoms with Crippen LogP contribution in [-0.2, 0) is 4.79 Å². The number of rotatable bonds is 5. The van der Waals surface area contributed by atoms with E-state index in [4.69, 9.17) is 5.26 Å². The average molecular weight is 402 g/mol. The predicted molar refractivity (Wildman–Crippen MR) is 116 cm³/mol. The zero-order chi connectivity index (χ0) is 21.3. The summed E-state index contributed by atoms with van der Waals surface area (Å²) in [6.45, 7) is 2.09. The fourth-order valence-corrected chi connectivity index (χ4v) is 4.17. The monoisotopic (exact) mass is 401 g/mol. The van der Waals surface area contributed by atoms with Crippen LogP contribution < -0.4 is 5.32 Å². The first-order valence-electron chi connectivity index (χ1n) is 10.6. The van der Waals surface area contributed by atoms with Crippen LogP contribution in [-0.4, -0.2) is 35.3 Å². The van der Waals surface area contributed by atoms with Crippen molar-refractivity contribution in [1.82, 2.24) is 10.2 Å². The van der Waals surface area contributed by atoms with Gasteiger partial charge >= 0.3 is 0 Å². The van der Waals surface area contributed by atoms with Gasteiger partial charge in [-0.25, -0.2) is 0 Å². The smallest absolute Gasteiger partial charge is 0.253 e. The lowest BCUT2D eigenvalue weighted by molar-refractivity contribution is -0.125. The highest BCUT2D eigenvalue weighted by atomic mass is 16.2. The maximum Gasteiger partial charge on any atom is 0.253 e. The van der Waals surface area contributed by atoms with Gasteiger partial charge in [0, 0.05) is 30.1 Å². The zero-order valence-electron chi connectivity index (χ0n) is 17.5. The van der Waals surface area contributed by atoms with Crippen molar-refractivity contribution in [2.75, 3.05) is 7.05 Å². The van der Waals surface area contributed by atoms with Gasteiger partial charge in [-0.15, -0.1) is 0 Å². The Morgan fingerprint density at radius 1 is 1.03 bits per heavy atom. The number of nitrogens with one attached hydrogen (secondary N) is 1. The molecule has 2 aliphatic carbocycles. The van der Waals surface area contributed by atoms with Crippen molar-refractivity contribution in [3.8, 4) is 17.2 Å². The summed E-state index contributed by atoms with van der Waals surface area (Å²) in [6, 6.07) is 17.2. The molecule has 0 aromatic heterocycles. The molecular formula is C25H27N3O2. The molecule has 2 aromatic carbocycles. The molecule has 5 nitrogen and oxygen atoms in total. The van der Waals surface area contributed by atoms with Crippen molar-refractivity contribution in [2.45, 2.75) is 50.6 Å². The normalized spacial score (nSPS) is 21.5. The van der Waals surface area contributed by atoms with E-state index >= 15 is 0 Å². The molecule has 5 heteroatoms. The molecule has 0 spiro atoms. The van der Waals surface area contributed by atoms with Crippen LogP contribution in [0.1, 0.15) is 54.9 Å². The highest BCUT2D eigenvalue weighted by Gasteiger charge is 2.42. The Morgan fingerprint density at radius 2 is 1.63 bits per heavy atom. The first-order valence-corrected chi connectivity index (χ1v) is 10.6. The van der Waals surface area contributed by atoms with Crippen LogP contribution in [0.4, 0.5) is 0 Å². The predicted octanol–water partition coefficient (Wildman–Crippen LogP) is 4.13. The lowest BCUT2D eigenvalue weighted by Crippen LogP contribution is -2.39. The largest absolute Gasteiger partial charge is 0.351 e. The lowest BCUT2D eigenvalue weighted by Gasteiger charge is -2.25. The van der Waals surface area contributed by atoms with Gasteiger partial charge in [0.25, 0.3) is 5.91 Å². The van der Waals surface area contributed by atoms with Crippen molar-refractivity contribution in [3.63, 3.8) is 0 Å². The van der Waals surface area contributed by atoms with Gasteiger partial charge in [-0.3, -0.25) is 9.59 Å². The van der Waals surface area contributed by atoms with E-state index in [1.165, 1.54) is 0 Å². The van der Waals surface area contributed by atoms with E-state index in [2.05, 4.69) is 18.3 Å². The van der Waals surface area contributed by atoms with Crippen molar-refractivity contribution >= 4 is 11.8 Å². The fourth-order valence-electron chi connectivity index (χ4n) is 4.17. The Morgan fingerprint density at radius 3 is 2.20 bits per heavy atom. The zero-order valence-corrected chi connectivity index (χ0v) is 17.5. The lowest BCUT2D eigenvalue weighted by atomic mass is 10.0. The molecule has 0 saturated heterocycles. The van der Waals surface area contributed by atoms with Gasteiger partial charge in [0.05, 0.1) is 11.6 Å². The van der Waals surface area contributed by atoms with E-state index in [9.17, 15) is 9.59 Å². The number of amides is 2. The first-order chi connectivity index (χ1) is 14.4. The van der Waals surface area contributed by atoms with E-state index in [1.807, 2.05) is 43.4 Å². The minimum Gasteiger partial charge on any atom is -0.351 e. The molecule has 0 aliphatic heterocycles. The highest BCUT2D eigenvalue weighted by Crippen LogP contribution is 2.36. The standard InChI is InChI=1S/C25H27N3O2/c1-25(13-14-25)27-23(29)21-11-12-22(15-21)28(2)24(30)20-9-7-19(8-10-20)18-5-3-17(16-26)4-6-18/h3-10,21-22H,11-15H2,1-2H3,(H,27,29). The van der Waals surface area contributed by atoms with Gasteiger partial charge in [0.15, 0.2) is 0 Å². The highest BCUT2D eigenvalue weighted by molar-refractivity contribution is 5.95. The molecule has 154 valence electrons. The Balaban J connectivity index is 1.37. The molecule has 2 unspecified atom stereocenters. The molecule has 2 aliphatic rings. The molecule has 2 saturated carbocycles. The van der Waals surface area contributed by atoms with Crippen LogP contribution in [0.25, 0.3) is 11.1 Å². The summed E-state index contributed by atoms with van der Waals surface area (Å²) in [5.41, 5.74) is 3.29. The van der Waals surface area contributed by atoms with E-state index in [0.717, 1.165) is 43.2 Å². The van der Waals surface area contributed by atoms with Crippen LogP contribution in [0.2, 0.25) is 0 Å². The van der Waals surface area contributed by atoms with Crippen LogP contribution in [0, 0.1) is 17.2 Å². The minimum absolute atomic E-state index is 0.00133. The van der Waals surface area contributed by atoms with Crippen LogP contribution in [0.15, 0.2) is 48.5 Å². The topological polar surface area (TPSA) is 73.2 Å². The molecule has 30 heavy (non-hydrogen) atoms. The Kier molecular flexibility index (Phi) is 5.34. The molecule has 2 amide bonds. The molecule has 2 atom stereocenters. The average Bonchev–Trinajstić information content (AvgIpc) is 3.29. The van der Waals surface area contributed by atoms with Crippen LogP contribution in [0.3, 0.4) is 0 Å². The summed E-state index contributed by atoms with van der Waals surface area (Å²) in [6.07, 6.45) is 4.55. The summed E-state index contributed by atoms with van der Waals surface area (Å²) in [7, 11) is 1.84. The fraction of sp³-hybridized carbons (Fsp3) is 0.400. The maximum atomic E-state index is 13.0. The quantitative estimate of drug-likeness (QED) is 0.818. The number of carbonyl (C=O) groups excluding carboxylic acids is 2. The number of benzene rings is 2. The second-order valence-electron chi connectivity index (χ2n) is 8.90. The van der Waals surface area contributed by atoms with E-state index in [-0.39, 0.29) is 29.3 Å². The van der Waals surface area contributed by atoms with Crippen molar-refractivity contribution < 1.29 is 9.59 Å². The molecule has 4 rings (SSSR count). The number of hydrogen-bond acceptors (Lipinski definition) is 3. The number of nitrogens with zero attached hydrogens (tertiary/aromatic N) is 2. The van der Waals surface area contributed by atoms with Gasteiger partial charge in [-0.2, -0.15) is 5.26 Å². The van der Waals surface area contributed by atoms with Gasteiger partial charge in [0.1, 0.15) is 0 Å². The molecule has 2 fully saturated rings. The second-order valence-corrected chi connectivity index (χ2v) is 8.90. The summed E-state index contributed by atoms with van der Waals surface area (Å²) in [4.78, 5) is 27.3. The Bertz CT molecular complexity index is 985. The summed E-state index contributed by atoms with van der Waals surface area (Å²) < 4.78 is 0. The number of carbonyl (C=O) groups is 2. The van der Waals surface area contributed by atoms with Gasteiger partial charge < -0.3 is 10.2 Å². The van der Waals surface area contributed by atoms with Crippen molar-refractivity contribution in [3.05, 3.63) is 59.7 Å². The third kappa shape index (κ3) is 4.23. The maximum absolute atomic E-state index is 13.0. The van der Waals surface area contributed by atoms with Gasteiger partial charge in [0.2, 0.25) is 5.91 Å². The first kappa shape index (κ1) is 20.2. The van der Waals surface area contributed by atoms with Gasteiger partial charge in [-0.1, -0.05) is 24.3 Å². The van der Waals surface area contributed by atoms with Crippen molar-refractivity contribution in [1.29, 1.82) is 5.26 Å². The summed E-state index contributed by atoms with van der Waals surface area (Å²) in [5.74, 6) is 0.133. The number of nitriles is 1. The summed E-state index contributed by atoms with van der Waals surface area (Å²) >= 11 is 0. The molecule has 0 heterocycles. The molecular weight excluding hydrogens is 374 g/mol. The molecule has 0 radical (unpaired) electrons. The van der Waals surface area contributed by atoms with E-state index < -0.39 is 0 Å². The van der Waals surface area contributed by atoms with E-state index in [0.29, 0.717) is 11.1 Å². The molecule has 0 bridgehead atoms. The van der Waals surface area contributed by atoms with Crippen LogP contribution in [0.5, 0.6) is 0 Å². The molecule has 2 aromatic rings. The molecule has 1 N–H and O–H groups in total. The Labute approximate surface area is 177 Å². The number of hydrogen-bond donors (Lipinski definition) is 1. The third-order valence-electron chi connectivity index (χ3n) is 6.55.